The van der Waals surface area contributed by atoms with Crippen molar-refractivity contribution >= 4 is 0 Å². The first-order valence-electron chi connectivity index (χ1n) is 5.31. The Morgan fingerprint density at radius 3 is 2.40 bits per heavy atom. The number of fused-ring (bicyclic) bond motifs is 1. The molecule has 0 aliphatic carbocycles. The van der Waals surface area contributed by atoms with Gasteiger partial charge in [0.1, 0.15) is 0 Å². The molecule has 1 aromatic heterocycles. The van der Waals surface area contributed by atoms with Crippen molar-refractivity contribution in [2.45, 2.75) is 6.42 Å². The van der Waals surface area contributed by atoms with Crippen molar-refractivity contribution in [2.24, 2.45) is 0 Å². The first-order chi connectivity index (χ1) is 7.47. The van der Waals surface area contributed by atoms with E-state index >= 15 is 0 Å². The Labute approximate surface area is 90.0 Å². The Morgan fingerprint density at radius 1 is 1.07 bits per heavy atom. The van der Waals surface area contributed by atoms with Gasteiger partial charge in [0.15, 0.2) is 0 Å². The van der Waals surface area contributed by atoms with Crippen molar-refractivity contribution in [3.63, 3.8) is 0 Å². The lowest BCUT2D eigenvalue weighted by molar-refractivity contribution is 0.329. The van der Waals surface area contributed by atoms with Gasteiger partial charge in [0, 0.05) is 56.7 Å². The number of hydrogen-bond donors (Lipinski definition) is 1. The highest BCUT2D eigenvalue weighted by Crippen LogP contribution is 2.14. The summed E-state index contributed by atoms with van der Waals surface area (Å²) in [5.74, 6) is 0. The lowest BCUT2D eigenvalue weighted by atomic mass is 10.3. The van der Waals surface area contributed by atoms with E-state index in [1.807, 2.05) is 0 Å². The predicted octanol–water partition coefficient (Wildman–Crippen LogP) is 0.656. The summed E-state index contributed by atoms with van der Waals surface area (Å²) in [6.45, 7) is 4.74. The Bertz CT molecular complexity index is 283. The van der Waals surface area contributed by atoms with Crippen LogP contribution in [0.4, 0.5) is 0 Å². The minimum Gasteiger partial charge on any atom is -0.372 e. The molecule has 2 aliphatic rings. The van der Waals surface area contributed by atoms with Gasteiger partial charge in [-0.1, -0.05) is 6.08 Å². The Kier molecular flexibility index (Phi) is 3.68. The molecule has 1 fully saturated rings. The van der Waals surface area contributed by atoms with E-state index in [2.05, 4.69) is 26.3 Å². The SMILES string of the molecule is C1=C2CNCCN2CC1.c1cnccn1. The lowest BCUT2D eigenvalue weighted by Crippen LogP contribution is -2.39. The summed E-state index contributed by atoms with van der Waals surface area (Å²) in [7, 11) is 0. The molecule has 3 rings (SSSR count). The molecule has 2 aliphatic heterocycles. The van der Waals surface area contributed by atoms with Crippen LogP contribution in [0.3, 0.4) is 0 Å². The van der Waals surface area contributed by atoms with Crippen LogP contribution in [0.1, 0.15) is 6.42 Å². The summed E-state index contributed by atoms with van der Waals surface area (Å²) in [6.07, 6.45) is 10.2. The zero-order valence-corrected chi connectivity index (χ0v) is 8.76. The maximum absolute atomic E-state index is 3.72. The highest BCUT2D eigenvalue weighted by atomic mass is 15.2. The molecular weight excluding hydrogens is 188 g/mol. The topological polar surface area (TPSA) is 41.0 Å². The minimum atomic E-state index is 1.10. The van der Waals surface area contributed by atoms with Crippen LogP contribution in [0.5, 0.6) is 0 Å². The van der Waals surface area contributed by atoms with Crippen LogP contribution in [0.25, 0.3) is 0 Å². The van der Waals surface area contributed by atoms with Crippen molar-refractivity contribution in [1.82, 2.24) is 20.2 Å². The molecule has 80 valence electrons. The van der Waals surface area contributed by atoms with Gasteiger partial charge >= 0.3 is 0 Å². The second kappa shape index (κ2) is 5.46. The maximum atomic E-state index is 3.72. The molecule has 0 saturated carbocycles. The third-order valence-electron chi connectivity index (χ3n) is 2.53. The smallest absolute Gasteiger partial charge is 0.0451 e. The molecule has 1 aromatic rings. The number of rotatable bonds is 0. The summed E-state index contributed by atoms with van der Waals surface area (Å²) in [6, 6.07) is 0. The molecule has 0 aromatic carbocycles. The fourth-order valence-electron chi connectivity index (χ4n) is 1.78. The average Bonchev–Trinajstić information content (AvgIpc) is 2.80. The number of aromatic nitrogens is 2. The van der Waals surface area contributed by atoms with Gasteiger partial charge in [-0.15, -0.1) is 0 Å². The molecule has 0 spiro atoms. The third kappa shape index (κ3) is 3.02. The Morgan fingerprint density at radius 2 is 1.80 bits per heavy atom. The molecule has 1 saturated heterocycles. The van der Waals surface area contributed by atoms with Crippen LogP contribution in [0.15, 0.2) is 36.6 Å². The molecule has 3 heterocycles. The Balaban J connectivity index is 0.000000124. The van der Waals surface area contributed by atoms with Gasteiger partial charge in [-0.25, -0.2) is 0 Å². The number of piperazine rings is 1. The van der Waals surface area contributed by atoms with Crippen molar-refractivity contribution in [2.75, 3.05) is 26.2 Å². The van der Waals surface area contributed by atoms with Gasteiger partial charge in [-0.3, -0.25) is 9.97 Å². The normalized spacial score (nSPS) is 18.7. The van der Waals surface area contributed by atoms with Crippen LogP contribution in [-0.2, 0) is 0 Å². The quantitative estimate of drug-likeness (QED) is 0.674. The zero-order chi connectivity index (χ0) is 10.3. The van der Waals surface area contributed by atoms with Crippen molar-refractivity contribution < 1.29 is 0 Å². The largest absolute Gasteiger partial charge is 0.372 e. The molecular formula is C11H16N4. The van der Waals surface area contributed by atoms with Gasteiger partial charge < -0.3 is 10.2 Å². The van der Waals surface area contributed by atoms with Gasteiger partial charge in [0.05, 0.1) is 0 Å². The number of hydrogen-bond acceptors (Lipinski definition) is 4. The van der Waals surface area contributed by atoms with Crippen LogP contribution in [0, 0.1) is 0 Å². The minimum absolute atomic E-state index is 1.10. The van der Waals surface area contributed by atoms with E-state index < -0.39 is 0 Å². The van der Waals surface area contributed by atoms with E-state index in [9.17, 15) is 0 Å². The summed E-state index contributed by atoms with van der Waals surface area (Å²) >= 11 is 0. The van der Waals surface area contributed by atoms with E-state index in [-0.39, 0.29) is 0 Å². The fourth-order valence-corrected chi connectivity index (χ4v) is 1.78. The third-order valence-corrected chi connectivity index (χ3v) is 2.53. The molecule has 0 atom stereocenters. The second-order valence-corrected chi connectivity index (χ2v) is 3.54. The average molecular weight is 204 g/mol. The van der Waals surface area contributed by atoms with E-state index in [0.717, 1.165) is 13.1 Å². The molecule has 0 unspecified atom stereocenters. The monoisotopic (exact) mass is 204 g/mol. The predicted molar refractivity (Wildman–Crippen MR) is 59.2 cm³/mol. The Hall–Kier alpha value is -1.42. The lowest BCUT2D eigenvalue weighted by Gasteiger charge is -2.27. The summed E-state index contributed by atoms with van der Waals surface area (Å²) in [5, 5.41) is 3.35. The fraction of sp³-hybridized carbons (Fsp3) is 0.455. The standard InChI is InChI=1S/C7H12N2.C4H4N2/c1-2-7-6-8-3-5-9(7)4-1;1-2-6-4-3-5-1/h2,8H,1,3-6H2;1-4H. The van der Waals surface area contributed by atoms with E-state index in [4.69, 9.17) is 0 Å². The zero-order valence-electron chi connectivity index (χ0n) is 8.76. The van der Waals surface area contributed by atoms with Crippen molar-refractivity contribution in [1.29, 1.82) is 0 Å². The highest BCUT2D eigenvalue weighted by Gasteiger charge is 2.16. The van der Waals surface area contributed by atoms with Gasteiger partial charge in [0.2, 0.25) is 0 Å². The van der Waals surface area contributed by atoms with Crippen LogP contribution >= 0.6 is 0 Å². The molecule has 0 amide bonds. The molecule has 4 nitrogen and oxygen atoms in total. The summed E-state index contributed by atoms with van der Waals surface area (Å²) in [5.41, 5.74) is 1.52. The molecule has 0 radical (unpaired) electrons. The first kappa shape index (κ1) is 10.1. The van der Waals surface area contributed by atoms with Gasteiger partial charge in [-0.05, 0) is 6.42 Å². The summed E-state index contributed by atoms with van der Waals surface area (Å²) in [4.78, 5) is 9.91. The van der Waals surface area contributed by atoms with Crippen molar-refractivity contribution in [3.8, 4) is 0 Å². The molecule has 0 bridgehead atoms. The van der Waals surface area contributed by atoms with E-state index in [1.165, 1.54) is 25.2 Å². The van der Waals surface area contributed by atoms with Crippen LogP contribution in [-0.4, -0.2) is 41.0 Å². The van der Waals surface area contributed by atoms with Crippen molar-refractivity contribution in [3.05, 3.63) is 36.6 Å². The van der Waals surface area contributed by atoms with E-state index in [0.29, 0.717) is 0 Å². The maximum Gasteiger partial charge on any atom is 0.0451 e. The number of nitrogens with zero attached hydrogens (tertiary/aromatic N) is 3. The number of nitrogens with one attached hydrogen (secondary N) is 1. The van der Waals surface area contributed by atoms with Gasteiger partial charge in [-0.2, -0.15) is 0 Å². The van der Waals surface area contributed by atoms with Gasteiger partial charge in [0.25, 0.3) is 0 Å². The molecule has 15 heavy (non-hydrogen) atoms. The summed E-state index contributed by atoms with van der Waals surface area (Å²) < 4.78 is 0. The molecule has 4 heteroatoms. The molecule has 1 N–H and O–H groups in total. The first-order valence-corrected chi connectivity index (χ1v) is 5.31. The van der Waals surface area contributed by atoms with Crippen LogP contribution in [0.2, 0.25) is 0 Å². The van der Waals surface area contributed by atoms with Crippen LogP contribution < -0.4 is 5.32 Å². The second-order valence-electron chi connectivity index (χ2n) is 3.54. The van der Waals surface area contributed by atoms with E-state index in [1.54, 1.807) is 24.8 Å². The highest BCUT2D eigenvalue weighted by molar-refractivity contribution is 5.11.